The van der Waals surface area contributed by atoms with Crippen molar-refractivity contribution in [3.63, 3.8) is 0 Å². The van der Waals surface area contributed by atoms with E-state index in [1.807, 2.05) is 0 Å². The van der Waals surface area contributed by atoms with Crippen molar-refractivity contribution in [2.45, 2.75) is 109 Å². The number of carboxylic acid groups (broad SMARTS) is 1. The Kier molecular flexibility index (Phi) is 14.7. The van der Waals surface area contributed by atoms with Gasteiger partial charge in [0, 0.05) is 6.42 Å². The largest absolute Gasteiger partial charge is 0.504 e. The molecule has 188 valence electrons. The van der Waals surface area contributed by atoms with E-state index in [-0.39, 0.29) is 24.5 Å². The summed E-state index contributed by atoms with van der Waals surface area (Å²) in [4.78, 5) is 23.2. The predicted octanol–water partition coefficient (Wildman–Crippen LogP) is 6.07. The molecule has 0 amide bonds. The van der Waals surface area contributed by atoms with E-state index in [0.29, 0.717) is 12.0 Å². The van der Waals surface area contributed by atoms with Crippen LogP contribution in [0.3, 0.4) is 0 Å². The van der Waals surface area contributed by atoms with Gasteiger partial charge in [-0.1, -0.05) is 96.5 Å². The van der Waals surface area contributed by atoms with Crippen LogP contribution >= 0.6 is 0 Å². The quantitative estimate of drug-likeness (QED) is 0.0922. The third kappa shape index (κ3) is 12.3. The summed E-state index contributed by atoms with van der Waals surface area (Å²) in [6.07, 6.45) is 16.4. The van der Waals surface area contributed by atoms with Crippen molar-refractivity contribution < 1.29 is 25.1 Å². The fraction of sp³-hybridized carbons (Fsp3) is 0.720. The summed E-state index contributed by atoms with van der Waals surface area (Å²) in [6, 6.07) is 2.59. The van der Waals surface area contributed by atoms with Crippen LogP contribution in [0.15, 0.2) is 18.2 Å². The molecule has 0 heterocycles. The highest BCUT2D eigenvalue weighted by Crippen LogP contribution is 2.26. The molecule has 8 nitrogen and oxygen atoms in total. The molecule has 1 aromatic rings. The Labute approximate surface area is 197 Å². The van der Waals surface area contributed by atoms with E-state index in [2.05, 4.69) is 6.92 Å². The SMILES string of the molecule is CCCCCCCCCCCCCCCCN([C@@H](Cc1ccc(O)c(O)c1)C(=O)O)[N+](=O)[O-]. The molecule has 0 aliphatic carbocycles. The standard InChI is InChI=1S/C25H42N2O6/c1-2-3-4-5-6-7-8-9-10-11-12-13-14-15-18-26(27(32)33)22(25(30)31)19-21-16-17-23(28)24(29)20-21/h16-17,20,22,28-29H,2-15,18-19H2,1H3,(H,30,31)/t22-/m0/s1. The number of benzene rings is 1. The van der Waals surface area contributed by atoms with Gasteiger partial charge in [0.25, 0.3) is 0 Å². The van der Waals surface area contributed by atoms with Gasteiger partial charge in [-0.05, 0) is 24.1 Å². The molecular weight excluding hydrogens is 424 g/mol. The van der Waals surface area contributed by atoms with Gasteiger partial charge in [-0.2, -0.15) is 0 Å². The molecule has 0 aromatic heterocycles. The number of hydrazine groups is 1. The summed E-state index contributed by atoms with van der Waals surface area (Å²) in [6.45, 7) is 2.30. The number of hydrogen-bond donors (Lipinski definition) is 3. The maximum absolute atomic E-state index is 11.7. The first kappa shape index (κ1) is 28.5. The number of unbranched alkanes of at least 4 members (excludes halogenated alkanes) is 13. The molecule has 0 radical (unpaired) electrons. The first-order chi connectivity index (χ1) is 15.9. The molecular formula is C25H42N2O6. The fourth-order valence-electron chi connectivity index (χ4n) is 4.06. The lowest BCUT2D eigenvalue weighted by molar-refractivity contribution is -0.661. The summed E-state index contributed by atoms with van der Waals surface area (Å²) in [7, 11) is 0. The molecule has 0 saturated carbocycles. The number of hydrogen-bond acceptors (Lipinski definition) is 5. The van der Waals surface area contributed by atoms with Crippen molar-refractivity contribution >= 4 is 5.97 Å². The molecule has 0 saturated heterocycles. The molecule has 1 rings (SSSR count). The Morgan fingerprint density at radius 2 is 1.36 bits per heavy atom. The first-order valence-electron chi connectivity index (χ1n) is 12.5. The third-order valence-electron chi connectivity index (χ3n) is 6.06. The van der Waals surface area contributed by atoms with Gasteiger partial charge >= 0.3 is 5.97 Å². The fourth-order valence-corrected chi connectivity index (χ4v) is 4.06. The number of aromatic hydroxyl groups is 2. The van der Waals surface area contributed by atoms with Gasteiger partial charge in [0.15, 0.2) is 22.6 Å². The van der Waals surface area contributed by atoms with Crippen molar-refractivity contribution in [3.8, 4) is 11.5 Å². The average Bonchev–Trinajstić information content (AvgIpc) is 2.77. The zero-order chi connectivity index (χ0) is 24.5. The Morgan fingerprint density at radius 3 is 1.79 bits per heavy atom. The monoisotopic (exact) mass is 466 g/mol. The molecule has 0 spiro atoms. The molecule has 0 aliphatic rings. The van der Waals surface area contributed by atoms with Gasteiger partial charge in [0.05, 0.1) is 6.54 Å². The van der Waals surface area contributed by atoms with Crippen LogP contribution in [0.1, 0.15) is 102 Å². The molecule has 3 N–H and O–H groups in total. The third-order valence-corrected chi connectivity index (χ3v) is 6.06. The van der Waals surface area contributed by atoms with Crippen LogP contribution in [0.25, 0.3) is 0 Å². The van der Waals surface area contributed by atoms with Gasteiger partial charge in [-0.15, -0.1) is 5.01 Å². The number of rotatable bonds is 20. The number of carboxylic acids is 1. The topological polar surface area (TPSA) is 124 Å². The number of nitro groups is 1. The first-order valence-corrected chi connectivity index (χ1v) is 12.5. The van der Waals surface area contributed by atoms with E-state index >= 15 is 0 Å². The Balaban J connectivity index is 2.26. The molecule has 0 unspecified atom stereocenters. The van der Waals surface area contributed by atoms with Crippen molar-refractivity contribution in [1.82, 2.24) is 5.01 Å². The second kappa shape index (κ2) is 17.0. The van der Waals surface area contributed by atoms with Crippen LogP contribution in [0.5, 0.6) is 11.5 Å². The van der Waals surface area contributed by atoms with Crippen LogP contribution in [0, 0.1) is 10.1 Å². The highest BCUT2D eigenvalue weighted by Gasteiger charge is 2.33. The van der Waals surface area contributed by atoms with Crippen molar-refractivity contribution in [2.24, 2.45) is 0 Å². The summed E-state index contributed by atoms with van der Waals surface area (Å²) in [5.41, 5.74) is 0.408. The van der Waals surface area contributed by atoms with Crippen LogP contribution in [-0.2, 0) is 11.2 Å². The number of aliphatic carboxylic acids is 1. The second-order valence-electron chi connectivity index (χ2n) is 8.88. The molecule has 0 aliphatic heterocycles. The summed E-state index contributed by atoms with van der Waals surface area (Å²) in [5, 5.41) is 40.1. The zero-order valence-corrected chi connectivity index (χ0v) is 20.1. The minimum absolute atomic E-state index is 0.0616. The Morgan fingerprint density at radius 1 is 0.879 bits per heavy atom. The number of nitrogens with zero attached hydrogens (tertiary/aromatic N) is 2. The number of phenolic OH excluding ortho intramolecular Hbond substituents is 2. The smallest absolute Gasteiger partial charge is 0.332 e. The van der Waals surface area contributed by atoms with Crippen molar-refractivity contribution in [3.05, 3.63) is 33.9 Å². The van der Waals surface area contributed by atoms with Crippen molar-refractivity contribution in [2.75, 3.05) is 6.54 Å². The molecule has 8 heteroatoms. The summed E-state index contributed by atoms with van der Waals surface area (Å²) in [5.74, 6) is -1.99. The lowest BCUT2D eigenvalue weighted by Gasteiger charge is -2.21. The normalized spacial score (nSPS) is 11.9. The Hall–Kier alpha value is -2.51. The van der Waals surface area contributed by atoms with E-state index in [0.717, 1.165) is 24.3 Å². The molecule has 0 fully saturated rings. The lowest BCUT2D eigenvalue weighted by atomic mass is 10.0. The minimum atomic E-state index is -1.34. The summed E-state index contributed by atoms with van der Waals surface area (Å²) < 4.78 is 0. The number of carbonyl (C=O) groups is 1. The van der Waals surface area contributed by atoms with Gasteiger partial charge in [0.1, 0.15) is 0 Å². The Bertz CT molecular complexity index is 697. The van der Waals surface area contributed by atoms with E-state index in [4.69, 9.17) is 0 Å². The van der Waals surface area contributed by atoms with E-state index < -0.39 is 17.0 Å². The van der Waals surface area contributed by atoms with E-state index in [1.165, 1.54) is 82.4 Å². The maximum atomic E-state index is 11.7. The average molecular weight is 467 g/mol. The van der Waals surface area contributed by atoms with Gasteiger partial charge in [-0.3, -0.25) is 0 Å². The predicted molar refractivity (Wildman–Crippen MR) is 129 cm³/mol. The minimum Gasteiger partial charge on any atom is -0.504 e. The highest BCUT2D eigenvalue weighted by molar-refractivity contribution is 5.73. The number of phenols is 2. The van der Waals surface area contributed by atoms with Crippen LogP contribution in [0.4, 0.5) is 0 Å². The lowest BCUT2D eigenvalue weighted by Crippen LogP contribution is -2.46. The van der Waals surface area contributed by atoms with Gasteiger partial charge in [-0.25, -0.2) is 14.9 Å². The second-order valence-corrected chi connectivity index (χ2v) is 8.88. The van der Waals surface area contributed by atoms with Gasteiger partial charge < -0.3 is 15.3 Å². The van der Waals surface area contributed by atoms with E-state index in [9.17, 15) is 30.2 Å². The molecule has 33 heavy (non-hydrogen) atoms. The summed E-state index contributed by atoms with van der Waals surface area (Å²) >= 11 is 0. The van der Waals surface area contributed by atoms with E-state index in [1.54, 1.807) is 0 Å². The zero-order valence-electron chi connectivity index (χ0n) is 20.1. The molecule has 1 atom stereocenters. The van der Waals surface area contributed by atoms with Crippen molar-refractivity contribution in [1.29, 1.82) is 0 Å². The maximum Gasteiger partial charge on any atom is 0.332 e. The van der Waals surface area contributed by atoms with Gasteiger partial charge in [0.2, 0.25) is 0 Å². The molecule has 1 aromatic carbocycles. The van der Waals surface area contributed by atoms with Crippen LogP contribution in [-0.4, -0.2) is 43.9 Å². The molecule has 0 bridgehead atoms. The van der Waals surface area contributed by atoms with Crippen LogP contribution < -0.4 is 0 Å². The highest BCUT2D eigenvalue weighted by atomic mass is 16.7. The van der Waals surface area contributed by atoms with Crippen LogP contribution in [0.2, 0.25) is 0 Å².